The van der Waals surface area contributed by atoms with Gasteiger partial charge >= 0.3 is 31.1 Å². The summed E-state index contributed by atoms with van der Waals surface area (Å²) >= 11 is 0. The molecule has 0 spiro atoms. The number of benzene rings is 2. The molecule has 3 amide bonds. The van der Waals surface area contributed by atoms with Crippen molar-refractivity contribution < 1.29 is 59.7 Å². The quantitative estimate of drug-likeness (QED) is 0.0850. The number of hydrogen-bond acceptors (Lipinski definition) is 11. The fraction of sp³-hybridized carbons (Fsp3) is 0.405. The van der Waals surface area contributed by atoms with Crippen molar-refractivity contribution in [2.24, 2.45) is 5.92 Å². The van der Waals surface area contributed by atoms with Crippen LogP contribution in [0.15, 0.2) is 67.1 Å². The number of nitrogens with one attached hydrogen (secondary N) is 3. The smallest absolute Gasteiger partial charge is 0.415 e. The maximum absolute atomic E-state index is 15.2. The molecule has 58 heavy (non-hydrogen) atoms. The molecule has 5 atom stereocenters. The van der Waals surface area contributed by atoms with Crippen molar-refractivity contribution in [3.63, 3.8) is 0 Å². The number of alkyl halides is 1. The molecule has 2 aromatic carbocycles. The molecular weight excluding hydrogens is 968 g/mol. The number of anilines is 1. The predicted molar refractivity (Wildman–Crippen MR) is 211 cm³/mol. The minimum Gasteiger partial charge on any atom is -0.415 e. The number of aliphatic hydroxyl groups is 1. The van der Waals surface area contributed by atoms with Gasteiger partial charge in [0, 0.05) is 54.2 Å². The van der Waals surface area contributed by atoms with Gasteiger partial charge in [-0.05, 0) is 61.1 Å². The van der Waals surface area contributed by atoms with E-state index in [-0.39, 0.29) is 55.3 Å². The topological polar surface area (TPSA) is 176 Å². The largest absolute Gasteiger partial charge is 2.00 e. The van der Waals surface area contributed by atoms with Gasteiger partial charge in [0.15, 0.2) is 0 Å². The third kappa shape index (κ3) is 9.42. The van der Waals surface area contributed by atoms with Crippen molar-refractivity contribution in [3.8, 4) is 0 Å². The Kier molecular flexibility index (Phi) is 14.3. The molecule has 5 aromatic rings. The SMILES string of the molecule is [CH2-]CNc1cccc2c1CN(C1CCC(=O)NC1=O)C2O.[CH2-]COCCNC(=O)C1CC[C@@](C)(c2cnc3ncc(Cc4ccc5ncccc5c4)n3n2)CC1F.[U+2]. The third-order valence-electron chi connectivity index (χ3n) is 11.2. The fourth-order valence-corrected chi connectivity index (χ4v) is 8.05. The van der Waals surface area contributed by atoms with Crippen LogP contribution >= 0.6 is 0 Å². The van der Waals surface area contributed by atoms with Crippen molar-refractivity contribution in [2.75, 3.05) is 31.6 Å². The molecule has 3 aromatic heterocycles. The Morgan fingerprint density at radius 3 is 2.71 bits per heavy atom. The molecule has 302 valence electrons. The van der Waals surface area contributed by atoms with Gasteiger partial charge in [-0.1, -0.05) is 37.8 Å². The Bertz CT molecular complexity index is 2260. The molecule has 4 N–H and O–H groups in total. The van der Waals surface area contributed by atoms with E-state index in [0.717, 1.165) is 39.0 Å². The summed E-state index contributed by atoms with van der Waals surface area (Å²) < 4.78 is 22.1. The van der Waals surface area contributed by atoms with Crippen LogP contribution < -0.4 is 16.0 Å². The number of hydrogen-bond donors (Lipinski definition) is 4. The molecule has 0 radical (unpaired) electrons. The molecule has 1 saturated carbocycles. The van der Waals surface area contributed by atoms with E-state index in [9.17, 15) is 19.5 Å². The molecular formula is C42H48FN9O5U. The Morgan fingerprint density at radius 1 is 1.10 bits per heavy atom. The van der Waals surface area contributed by atoms with Crippen molar-refractivity contribution in [2.45, 2.75) is 75.8 Å². The first-order valence-electron chi connectivity index (χ1n) is 19.3. The van der Waals surface area contributed by atoms with Crippen molar-refractivity contribution in [1.82, 2.24) is 40.1 Å². The Hall–Kier alpha value is -4.33. The number of carbonyl (C=O) groups is 3. The van der Waals surface area contributed by atoms with Gasteiger partial charge in [0.05, 0.1) is 47.9 Å². The maximum atomic E-state index is 15.2. The van der Waals surface area contributed by atoms with Crippen LogP contribution in [0.2, 0.25) is 0 Å². The van der Waals surface area contributed by atoms with Gasteiger partial charge in [-0.25, -0.2) is 18.9 Å². The number of fused-ring (bicyclic) bond motifs is 3. The van der Waals surface area contributed by atoms with Gasteiger partial charge < -0.3 is 34.3 Å². The molecule has 1 saturated heterocycles. The molecule has 4 unspecified atom stereocenters. The second-order valence-electron chi connectivity index (χ2n) is 15.0. The van der Waals surface area contributed by atoms with Crippen LogP contribution in [0.25, 0.3) is 16.7 Å². The number of piperidine rings is 1. The average Bonchev–Trinajstić information content (AvgIpc) is 3.77. The Balaban J connectivity index is 0.000000220. The Morgan fingerprint density at radius 2 is 1.93 bits per heavy atom. The molecule has 1 aliphatic carbocycles. The van der Waals surface area contributed by atoms with Crippen LogP contribution in [0, 0.1) is 50.9 Å². The molecule has 2 aliphatic heterocycles. The van der Waals surface area contributed by atoms with E-state index >= 15 is 4.39 Å². The summed E-state index contributed by atoms with van der Waals surface area (Å²) in [5.74, 6) is -0.997. The molecule has 2 fully saturated rings. The normalized spacial score (nSPS) is 23.1. The summed E-state index contributed by atoms with van der Waals surface area (Å²) in [5.41, 5.74) is 5.87. The summed E-state index contributed by atoms with van der Waals surface area (Å²) in [5, 5.41) is 24.7. The Labute approximate surface area is 360 Å². The van der Waals surface area contributed by atoms with E-state index in [0.29, 0.717) is 76.4 Å². The number of nitrogens with zero attached hydrogens (tertiary/aromatic N) is 6. The van der Waals surface area contributed by atoms with E-state index in [2.05, 4.69) is 56.9 Å². The van der Waals surface area contributed by atoms with Crippen LogP contribution in [0.5, 0.6) is 0 Å². The second kappa shape index (κ2) is 19.2. The maximum Gasteiger partial charge on any atom is 2.00 e. The van der Waals surface area contributed by atoms with E-state index in [1.807, 2.05) is 43.3 Å². The first-order chi connectivity index (χ1) is 27.6. The van der Waals surface area contributed by atoms with E-state index < -0.39 is 29.8 Å². The molecule has 16 heteroatoms. The zero-order valence-corrected chi connectivity index (χ0v) is 36.7. The summed E-state index contributed by atoms with van der Waals surface area (Å²) in [6, 6.07) is 15.3. The fourth-order valence-electron chi connectivity index (χ4n) is 8.05. The molecule has 14 nitrogen and oxygen atoms in total. The zero-order chi connectivity index (χ0) is 40.1. The average molecular weight is 1020 g/mol. The number of amides is 3. The molecule has 3 aliphatic rings. The number of pyridine rings is 1. The van der Waals surface area contributed by atoms with Crippen LogP contribution in [-0.2, 0) is 37.5 Å². The number of rotatable bonds is 11. The van der Waals surface area contributed by atoms with Crippen LogP contribution in [-0.4, -0.2) is 90.8 Å². The van der Waals surface area contributed by atoms with Gasteiger partial charge in [-0.3, -0.25) is 29.6 Å². The van der Waals surface area contributed by atoms with E-state index in [1.54, 1.807) is 28.0 Å². The molecule has 0 bridgehead atoms. The van der Waals surface area contributed by atoms with Crippen LogP contribution in [0.3, 0.4) is 0 Å². The van der Waals surface area contributed by atoms with Gasteiger partial charge in [-0.2, -0.15) is 5.10 Å². The van der Waals surface area contributed by atoms with Crippen LogP contribution in [0.1, 0.15) is 73.3 Å². The van der Waals surface area contributed by atoms with Crippen molar-refractivity contribution in [1.29, 1.82) is 0 Å². The molecule has 5 heterocycles. The first-order valence-corrected chi connectivity index (χ1v) is 19.3. The predicted octanol–water partition coefficient (Wildman–Crippen LogP) is 4.17. The van der Waals surface area contributed by atoms with Gasteiger partial charge in [0.25, 0.3) is 5.78 Å². The summed E-state index contributed by atoms with van der Waals surface area (Å²) in [4.78, 5) is 50.8. The monoisotopic (exact) mass is 1020 g/mol. The third-order valence-corrected chi connectivity index (χ3v) is 11.2. The van der Waals surface area contributed by atoms with E-state index in [4.69, 9.17) is 9.84 Å². The number of aromatic nitrogens is 5. The van der Waals surface area contributed by atoms with Crippen LogP contribution in [0.4, 0.5) is 10.1 Å². The number of imide groups is 1. The first kappa shape index (κ1) is 43.3. The summed E-state index contributed by atoms with van der Waals surface area (Å²) in [6.07, 6.45) is 5.85. The van der Waals surface area contributed by atoms with Crippen molar-refractivity contribution in [3.05, 3.63) is 109 Å². The van der Waals surface area contributed by atoms with E-state index in [1.165, 1.54) is 0 Å². The summed E-state index contributed by atoms with van der Waals surface area (Å²) in [6.45, 7) is 11.4. The standard InChI is InChI=1S/C27H30FN6O2.C15H18N3O3.U/c1-3-36-12-11-30-25(35)21-8-9-27(2,15-22(21)28)24-17-32-26-31-16-20(34(26)33-24)14-18-6-7-23-19(13-18)5-4-10-29-23;1-2-16-11-5-3-4-9-10(11)8-18(15(9)21)12-6-7-13(19)17-14(12)20;/h4-7,10,13,16-17,21-22H,1,3,8-9,11-12,14-15H2,2H3,(H,30,35);3-5,12,15-16,21H,1-2,6-8H2,(H,17,19,20);/q2*-1;+2/t21?,22?,27-;;/m1../s1. The number of aliphatic hydroxyl groups excluding tert-OH is 1. The number of ether oxygens (including phenoxy) is 1. The minimum absolute atomic E-state index is 0. The van der Waals surface area contributed by atoms with Crippen molar-refractivity contribution >= 4 is 40.1 Å². The summed E-state index contributed by atoms with van der Waals surface area (Å²) in [7, 11) is 0. The second-order valence-corrected chi connectivity index (χ2v) is 15.0. The van der Waals surface area contributed by atoms with Gasteiger partial charge in [-0.15, -0.1) is 6.54 Å². The molecule has 8 rings (SSSR count). The number of halogens is 1. The van der Waals surface area contributed by atoms with Gasteiger partial charge in [0.2, 0.25) is 17.7 Å². The zero-order valence-electron chi connectivity index (χ0n) is 32.5. The number of carbonyl (C=O) groups excluding carboxylic acids is 3. The minimum atomic E-state index is -1.26. The number of imidazole rings is 1. The van der Waals surface area contributed by atoms with Gasteiger partial charge in [0.1, 0.15) is 12.4 Å².